The Morgan fingerprint density at radius 3 is 3.00 bits per heavy atom. The quantitative estimate of drug-likeness (QED) is 0.823. The average molecular weight is 246 g/mol. The summed E-state index contributed by atoms with van der Waals surface area (Å²) in [6.45, 7) is 6.44. The summed E-state index contributed by atoms with van der Waals surface area (Å²) in [5, 5.41) is 13.8. The van der Waals surface area contributed by atoms with E-state index in [4.69, 9.17) is 0 Å². The first kappa shape index (κ1) is 13.1. The third-order valence-corrected chi connectivity index (χ3v) is 3.96. The van der Waals surface area contributed by atoms with Gasteiger partial charge in [-0.15, -0.1) is 0 Å². The molecule has 1 aromatic rings. The van der Waals surface area contributed by atoms with E-state index in [0.29, 0.717) is 12.0 Å². The van der Waals surface area contributed by atoms with Crippen molar-refractivity contribution in [2.24, 2.45) is 11.3 Å². The van der Waals surface area contributed by atoms with Crippen LogP contribution in [0.1, 0.15) is 58.3 Å². The van der Waals surface area contributed by atoms with Crippen molar-refractivity contribution >= 4 is 0 Å². The number of rotatable bonds is 3. The Morgan fingerprint density at radius 1 is 1.61 bits per heavy atom. The molecule has 98 valence electrons. The SMILES string of the molecule is CC1CCCC(C#N)(Cc2ncnn2C(C)C)C1. The Bertz CT molecular complexity index is 443. The van der Waals surface area contributed by atoms with E-state index in [1.54, 1.807) is 6.33 Å². The first-order chi connectivity index (χ1) is 8.56. The molecule has 0 spiro atoms. The molecule has 4 heteroatoms. The van der Waals surface area contributed by atoms with Gasteiger partial charge >= 0.3 is 0 Å². The maximum Gasteiger partial charge on any atom is 0.138 e. The predicted octanol–water partition coefficient (Wildman–Crippen LogP) is 3.12. The molecule has 4 nitrogen and oxygen atoms in total. The van der Waals surface area contributed by atoms with Gasteiger partial charge in [-0.2, -0.15) is 10.4 Å². The first-order valence-corrected chi connectivity index (χ1v) is 6.86. The van der Waals surface area contributed by atoms with E-state index in [1.807, 2.05) is 4.68 Å². The van der Waals surface area contributed by atoms with Gasteiger partial charge < -0.3 is 0 Å². The normalized spacial score (nSPS) is 28.3. The summed E-state index contributed by atoms with van der Waals surface area (Å²) in [5.41, 5.74) is -0.225. The lowest BCUT2D eigenvalue weighted by Crippen LogP contribution is -2.30. The maximum absolute atomic E-state index is 9.58. The van der Waals surface area contributed by atoms with E-state index in [-0.39, 0.29) is 5.41 Å². The van der Waals surface area contributed by atoms with Crippen LogP contribution in [0.2, 0.25) is 0 Å². The van der Waals surface area contributed by atoms with Gasteiger partial charge in [0.25, 0.3) is 0 Å². The van der Waals surface area contributed by atoms with Crippen LogP contribution in [0, 0.1) is 22.7 Å². The second kappa shape index (κ2) is 5.09. The van der Waals surface area contributed by atoms with Gasteiger partial charge in [-0.1, -0.05) is 19.8 Å². The van der Waals surface area contributed by atoms with Gasteiger partial charge in [-0.25, -0.2) is 9.67 Å². The number of nitriles is 1. The van der Waals surface area contributed by atoms with Crippen LogP contribution >= 0.6 is 0 Å². The van der Waals surface area contributed by atoms with Crippen LogP contribution in [0.15, 0.2) is 6.33 Å². The van der Waals surface area contributed by atoms with Crippen molar-refractivity contribution in [3.05, 3.63) is 12.2 Å². The van der Waals surface area contributed by atoms with Gasteiger partial charge in [0.1, 0.15) is 12.2 Å². The summed E-state index contributed by atoms with van der Waals surface area (Å²) < 4.78 is 1.94. The minimum Gasteiger partial charge on any atom is -0.248 e. The molecule has 0 radical (unpaired) electrons. The monoisotopic (exact) mass is 246 g/mol. The molecule has 1 fully saturated rings. The molecular formula is C14H22N4. The Balaban J connectivity index is 2.20. The average Bonchev–Trinajstić information content (AvgIpc) is 2.77. The van der Waals surface area contributed by atoms with Crippen LogP contribution in [0.25, 0.3) is 0 Å². The van der Waals surface area contributed by atoms with Crippen molar-refractivity contribution in [1.29, 1.82) is 5.26 Å². The standard InChI is InChI=1S/C14H22N4/c1-11(2)18-13(16-10-17-18)8-14(9-15)6-4-5-12(3)7-14/h10-12H,4-8H2,1-3H3. The highest BCUT2D eigenvalue weighted by molar-refractivity contribution is 5.07. The lowest BCUT2D eigenvalue weighted by Gasteiger charge is -2.34. The molecule has 2 atom stereocenters. The highest BCUT2D eigenvalue weighted by Gasteiger charge is 2.36. The van der Waals surface area contributed by atoms with Gasteiger partial charge in [-0.05, 0) is 32.6 Å². The Labute approximate surface area is 109 Å². The number of aromatic nitrogens is 3. The molecule has 2 rings (SSSR count). The van der Waals surface area contributed by atoms with E-state index in [0.717, 1.165) is 31.5 Å². The zero-order chi connectivity index (χ0) is 13.2. The summed E-state index contributed by atoms with van der Waals surface area (Å²) in [6, 6.07) is 2.88. The van der Waals surface area contributed by atoms with Crippen molar-refractivity contribution in [3.8, 4) is 6.07 Å². The zero-order valence-corrected chi connectivity index (χ0v) is 11.6. The molecule has 1 heterocycles. The third-order valence-electron chi connectivity index (χ3n) is 3.96. The van der Waals surface area contributed by atoms with Crippen molar-refractivity contribution in [3.63, 3.8) is 0 Å². The molecule has 0 N–H and O–H groups in total. The van der Waals surface area contributed by atoms with E-state index >= 15 is 0 Å². The fourth-order valence-corrected chi connectivity index (χ4v) is 3.10. The summed E-state index contributed by atoms with van der Waals surface area (Å²) >= 11 is 0. The Morgan fingerprint density at radius 2 is 2.39 bits per heavy atom. The molecule has 18 heavy (non-hydrogen) atoms. The highest BCUT2D eigenvalue weighted by atomic mass is 15.3. The molecule has 1 aliphatic rings. The highest BCUT2D eigenvalue weighted by Crippen LogP contribution is 2.41. The predicted molar refractivity (Wildman–Crippen MR) is 69.8 cm³/mol. The van der Waals surface area contributed by atoms with Crippen molar-refractivity contribution < 1.29 is 0 Å². The molecule has 0 saturated heterocycles. The fourth-order valence-electron chi connectivity index (χ4n) is 3.10. The number of hydrogen-bond acceptors (Lipinski definition) is 3. The smallest absolute Gasteiger partial charge is 0.138 e. The van der Waals surface area contributed by atoms with Crippen LogP contribution in [0.3, 0.4) is 0 Å². The van der Waals surface area contributed by atoms with Gasteiger partial charge in [0.2, 0.25) is 0 Å². The van der Waals surface area contributed by atoms with E-state index in [9.17, 15) is 5.26 Å². The topological polar surface area (TPSA) is 54.5 Å². The maximum atomic E-state index is 9.58. The van der Waals surface area contributed by atoms with Crippen LogP contribution in [-0.4, -0.2) is 14.8 Å². The van der Waals surface area contributed by atoms with Crippen molar-refractivity contribution in [1.82, 2.24) is 14.8 Å². The zero-order valence-electron chi connectivity index (χ0n) is 11.6. The molecular weight excluding hydrogens is 224 g/mol. The minimum absolute atomic E-state index is 0.225. The van der Waals surface area contributed by atoms with E-state index in [1.165, 1.54) is 6.42 Å². The minimum atomic E-state index is -0.225. The molecule has 1 saturated carbocycles. The molecule has 0 bridgehead atoms. The molecule has 0 aromatic carbocycles. The largest absolute Gasteiger partial charge is 0.248 e. The molecule has 0 aliphatic heterocycles. The van der Waals surface area contributed by atoms with Crippen molar-refractivity contribution in [2.75, 3.05) is 0 Å². The summed E-state index contributed by atoms with van der Waals surface area (Å²) in [5.74, 6) is 1.61. The summed E-state index contributed by atoms with van der Waals surface area (Å²) in [7, 11) is 0. The molecule has 1 aromatic heterocycles. The summed E-state index contributed by atoms with van der Waals surface area (Å²) in [6.07, 6.45) is 6.75. The van der Waals surface area contributed by atoms with Crippen LogP contribution < -0.4 is 0 Å². The van der Waals surface area contributed by atoms with Gasteiger partial charge in [-0.3, -0.25) is 0 Å². The molecule has 0 amide bonds. The number of hydrogen-bond donors (Lipinski definition) is 0. The second-order valence-electron chi connectivity index (χ2n) is 5.99. The fraction of sp³-hybridized carbons (Fsp3) is 0.786. The van der Waals surface area contributed by atoms with E-state index in [2.05, 4.69) is 36.9 Å². The first-order valence-electron chi connectivity index (χ1n) is 6.86. The third kappa shape index (κ3) is 2.55. The Hall–Kier alpha value is -1.37. The second-order valence-corrected chi connectivity index (χ2v) is 5.99. The van der Waals surface area contributed by atoms with E-state index < -0.39 is 0 Å². The van der Waals surface area contributed by atoms with Crippen LogP contribution in [-0.2, 0) is 6.42 Å². The van der Waals surface area contributed by atoms with Gasteiger partial charge in [0.05, 0.1) is 11.5 Å². The van der Waals surface area contributed by atoms with Crippen molar-refractivity contribution in [2.45, 2.75) is 58.9 Å². The number of nitrogens with zero attached hydrogens (tertiary/aromatic N) is 4. The Kier molecular flexibility index (Phi) is 3.70. The lowest BCUT2D eigenvalue weighted by atomic mass is 9.69. The van der Waals surface area contributed by atoms with Crippen LogP contribution in [0.4, 0.5) is 0 Å². The lowest BCUT2D eigenvalue weighted by molar-refractivity contribution is 0.203. The van der Waals surface area contributed by atoms with Gasteiger partial charge in [0, 0.05) is 12.5 Å². The summed E-state index contributed by atoms with van der Waals surface area (Å²) in [4.78, 5) is 4.35. The van der Waals surface area contributed by atoms with Gasteiger partial charge in [0.15, 0.2) is 0 Å². The molecule has 1 aliphatic carbocycles. The molecule has 2 unspecified atom stereocenters. The van der Waals surface area contributed by atoms with Crippen LogP contribution in [0.5, 0.6) is 0 Å².